The molecule has 2 N–H and O–H groups in total. The minimum Gasteiger partial charge on any atom is -0.507 e. The second kappa shape index (κ2) is 11.3. The molecule has 0 bridgehead atoms. The summed E-state index contributed by atoms with van der Waals surface area (Å²) in [5.74, 6) is -1.38. The maximum absolute atomic E-state index is 12.4. The smallest absolute Gasteiger partial charge is 0.215 e. The van der Waals surface area contributed by atoms with Crippen LogP contribution in [0.1, 0.15) is 101 Å². The summed E-state index contributed by atoms with van der Waals surface area (Å²) in [5.41, 5.74) is 0.129. The van der Waals surface area contributed by atoms with E-state index in [1.807, 2.05) is 0 Å². The minimum atomic E-state index is -1.50. The van der Waals surface area contributed by atoms with Crippen molar-refractivity contribution in [3.63, 3.8) is 0 Å². The van der Waals surface area contributed by atoms with Gasteiger partial charge in [0.25, 0.3) is 0 Å². The molecule has 1 aromatic carbocycles. The molecule has 1 unspecified atom stereocenters. The standard InChI is InChI=1S/C23H36O5/c1-3-4-5-6-7-8-9-10-11-12-13-14-23(26)17-20(25)22-19(24)15-18(27-2)16-21(22)28-23/h15-16,24,26H,3-14,17H2,1-2H3. The van der Waals surface area contributed by atoms with E-state index in [4.69, 9.17) is 9.47 Å². The summed E-state index contributed by atoms with van der Waals surface area (Å²) < 4.78 is 10.8. The van der Waals surface area contributed by atoms with Gasteiger partial charge in [0.05, 0.1) is 13.5 Å². The highest BCUT2D eigenvalue weighted by atomic mass is 16.6. The Morgan fingerprint density at radius 1 is 1.00 bits per heavy atom. The molecule has 1 atom stereocenters. The fourth-order valence-electron chi connectivity index (χ4n) is 3.84. The number of ether oxygens (including phenoxy) is 2. The number of methoxy groups -OCH3 is 1. The van der Waals surface area contributed by atoms with E-state index in [9.17, 15) is 15.0 Å². The summed E-state index contributed by atoms with van der Waals surface area (Å²) >= 11 is 0. The number of hydrogen-bond donors (Lipinski definition) is 2. The number of phenols is 1. The monoisotopic (exact) mass is 392 g/mol. The summed E-state index contributed by atoms with van der Waals surface area (Å²) in [6, 6.07) is 2.92. The lowest BCUT2D eigenvalue weighted by molar-refractivity contribution is -0.145. The largest absolute Gasteiger partial charge is 0.507 e. The molecule has 28 heavy (non-hydrogen) atoms. The van der Waals surface area contributed by atoms with Crippen molar-refractivity contribution in [2.24, 2.45) is 0 Å². The second-order valence-corrected chi connectivity index (χ2v) is 7.95. The van der Waals surface area contributed by atoms with Gasteiger partial charge in [-0.25, -0.2) is 0 Å². The van der Waals surface area contributed by atoms with Crippen molar-refractivity contribution in [1.29, 1.82) is 0 Å². The van der Waals surface area contributed by atoms with Gasteiger partial charge in [-0.1, -0.05) is 71.1 Å². The number of fused-ring (bicyclic) bond motifs is 1. The van der Waals surface area contributed by atoms with Crippen molar-refractivity contribution >= 4 is 5.78 Å². The SMILES string of the molecule is CCCCCCCCCCCCCC1(O)CC(=O)c2c(O)cc(OC)cc2O1. The van der Waals surface area contributed by atoms with Crippen LogP contribution in [0.2, 0.25) is 0 Å². The molecule has 0 saturated carbocycles. The average Bonchev–Trinajstić information content (AvgIpc) is 2.65. The van der Waals surface area contributed by atoms with Crippen LogP contribution in [0.4, 0.5) is 0 Å². The zero-order chi connectivity index (χ0) is 20.4. The molecular weight excluding hydrogens is 356 g/mol. The van der Waals surface area contributed by atoms with Crippen molar-refractivity contribution in [1.82, 2.24) is 0 Å². The molecular formula is C23H36O5. The number of aliphatic hydroxyl groups is 1. The quantitative estimate of drug-likeness (QED) is 0.418. The van der Waals surface area contributed by atoms with E-state index < -0.39 is 5.79 Å². The van der Waals surface area contributed by atoms with Crippen LogP contribution in [-0.4, -0.2) is 28.9 Å². The molecule has 0 radical (unpaired) electrons. The van der Waals surface area contributed by atoms with E-state index >= 15 is 0 Å². The summed E-state index contributed by atoms with van der Waals surface area (Å²) in [4.78, 5) is 12.4. The molecule has 1 heterocycles. The molecule has 0 amide bonds. The number of carbonyl (C=O) groups excluding carboxylic acids is 1. The Balaban J connectivity index is 1.69. The maximum atomic E-state index is 12.4. The van der Waals surface area contributed by atoms with E-state index in [0.717, 1.165) is 19.3 Å². The van der Waals surface area contributed by atoms with Gasteiger partial charge < -0.3 is 19.7 Å². The van der Waals surface area contributed by atoms with E-state index in [-0.39, 0.29) is 29.3 Å². The molecule has 5 nitrogen and oxygen atoms in total. The van der Waals surface area contributed by atoms with E-state index in [1.54, 1.807) is 0 Å². The fraction of sp³-hybridized carbons (Fsp3) is 0.696. The van der Waals surface area contributed by atoms with Crippen LogP contribution >= 0.6 is 0 Å². The molecule has 1 aliphatic rings. The first-order valence-electron chi connectivity index (χ1n) is 10.8. The Morgan fingerprint density at radius 2 is 1.57 bits per heavy atom. The van der Waals surface area contributed by atoms with Crippen molar-refractivity contribution < 1.29 is 24.5 Å². The number of unbranched alkanes of at least 4 members (excludes halogenated alkanes) is 10. The molecule has 0 aromatic heterocycles. The molecule has 0 aliphatic carbocycles. The third kappa shape index (κ3) is 6.69. The molecule has 2 rings (SSSR count). The van der Waals surface area contributed by atoms with Crippen LogP contribution in [0.3, 0.4) is 0 Å². The summed E-state index contributed by atoms with van der Waals surface area (Å²) in [6.45, 7) is 2.24. The molecule has 0 spiro atoms. The Bertz CT molecular complexity index is 628. The Labute approximate surface area is 169 Å². The van der Waals surface area contributed by atoms with Crippen molar-refractivity contribution in [3.8, 4) is 17.2 Å². The Kier molecular flexibility index (Phi) is 9.10. The predicted molar refractivity (Wildman–Crippen MR) is 110 cm³/mol. The maximum Gasteiger partial charge on any atom is 0.215 e. The third-order valence-corrected chi connectivity index (χ3v) is 5.48. The van der Waals surface area contributed by atoms with Gasteiger partial charge in [0, 0.05) is 18.6 Å². The van der Waals surface area contributed by atoms with E-state index in [1.165, 1.54) is 70.6 Å². The van der Waals surface area contributed by atoms with Crippen molar-refractivity contribution in [2.45, 2.75) is 96.2 Å². The fourth-order valence-corrected chi connectivity index (χ4v) is 3.84. The lowest BCUT2D eigenvalue weighted by atomic mass is 9.93. The first-order valence-corrected chi connectivity index (χ1v) is 10.8. The van der Waals surface area contributed by atoms with Crippen molar-refractivity contribution in [3.05, 3.63) is 17.7 Å². The minimum absolute atomic E-state index is 0.127. The third-order valence-electron chi connectivity index (χ3n) is 5.48. The number of benzene rings is 1. The number of Topliss-reactive ketones (excluding diaryl/α,β-unsaturated/α-hetero) is 1. The number of rotatable bonds is 13. The summed E-state index contributed by atoms with van der Waals surface area (Å²) in [7, 11) is 1.48. The highest BCUT2D eigenvalue weighted by molar-refractivity contribution is 6.02. The van der Waals surface area contributed by atoms with Gasteiger partial charge >= 0.3 is 0 Å². The van der Waals surface area contributed by atoms with Crippen LogP contribution in [0.5, 0.6) is 17.2 Å². The number of aromatic hydroxyl groups is 1. The first-order chi connectivity index (χ1) is 13.5. The van der Waals surface area contributed by atoms with Crippen LogP contribution in [0.15, 0.2) is 12.1 Å². The van der Waals surface area contributed by atoms with Gasteiger partial charge in [-0.3, -0.25) is 4.79 Å². The number of hydrogen-bond acceptors (Lipinski definition) is 5. The topological polar surface area (TPSA) is 76.0 Å². The molecule has 158 valence electrons. The number of carbonyl (C=O) groups is 1. The average molecular weight is 393 g/mol. The highest BCUT2D eigenvalue weighted by Gasteiger charge is 2.40. The van der Waals surface area contributed by atoms with Gasteiger partial charge in [-0.05, 0) is 6.42 Å². The van der Waals surface area contributed by atoms with E-state index in [0.29, 0.717) is 12.2 Å². The Hall–Kier alpha value is -1.75. The molecule has 1 aromatic rings. The highest BCUT2D eigenvalue weighted by Crippen LogP contribution is 2.41. The summed E-state index contributed by atoms with van der Waals surface area (Å²) in [5, 5.41) is 20.7. The lowest BCUT2D eigenvalue weighted by Gasteiger charge is -2.33. The normalized spacial score (nSPS) is 18.6. The second-order valence-electron chi connectivity index (χ2n) is 7.95. The van der Waals surface area contributed by atoms with E-state index in [2.05, 4.69) is 6.92 Å². The van der Waals surface area contributed by atoms with Crippen LogP contribution in [0, 0.1) is 0 Å². The van der Waals surface area contributed by atoms with Gasteiger partial charge in [0.1, 0.15) is 22.8 Å². The predicted octanol–water partition coefficient (Wildman–Crippen LogP) is 5.76. The molecule has 0 fully saturated rings. The Morgan fingerprint density at radius 3 is 2.14 bits per heavy atom. The number of ketones is 1. The van der Waals surface area contributed by atoms with Gasteiger partial charge in [-0.15, -0.1) is 0 Å². The summed E-state index contributed by atoms with van der Waals surface area (Å²) in [6.07, 6.45) is 13.8. The van der Waals surface area contributed by atoms with Gasteiger partial charge in [-0.2, -0.15) is 0 Å². The molecule has 0 saturated heterocycles. The molecule has 1 aliphatic heterocycles. The van der Waals surface area contributed by atoms with Crippen LogP contribution < -0.4 is 9.47 Å². The van der Waals surface area contributed by atoms with Gasteiger partial charge in [0.15, 0.2) is 5.78 Å². The zero-order valence-corrected chi connectivity index (χ0v) is 17.5. The van der Waals surface area contributed by atoms with Gasteiger partial charge in [0.2, 0.25) is 5.79 Å². The first kappa shape index (κ1) is 22.5. The van der Waals surface area contributed by atoms with Crippen LogP contribution in [0.25, 0.3) is 0 Å². The number of phenolic OH excluding ortho intramolecular Hbond substituents is 1. The van der Waals surface area contributed by atoms with Crippen molar-refractivity contribution in [2.75, 3.05) is 7.11 Å². The lowest BCUT2D eigenvalue weighted by Crippen LogP contribution is -2.41. The zero-order valence-electron chi connectivity index (χ0n) is 17.5. The van der Waals surface area contributed by atoms with Crippen LogP contribution in [-0.2, 0) is 0 Å². The molecule has 5 heteroatoms.